The van der Waals surface area contributed by atoms with E-state index in [0.29, 0.717) is 36.6 Å². The predicted molar refractivity (Wildman–Crippen MR) is 144 cm³/mol. The molecule has 1 heterocycles. The van der Waals surface area contributed by atoms with Crippen molar-refractivity contribution in [3.63, 3.8) is 0 Å². The number of anilines is 3. The van der Waals surface area contributed by atoms with Crippen molar-refractivity contribution < 1.29 is 19.1 Å². The number of aromatic nitrogens is 2. The summed E-state index contributed by atoms with van der Waals surface area (Å²) < 4.78 is 5.26. The fraction of sp³-hybridized carbons (Fsp3) is 0.500. The van der Waals surface area contributed by atoms with E-state index in [1.165, 1.54) is 11.9 Å². The van der Waals surface area contributed by atoms with Crippen molar-refractivity contribution >= 4 is 35.2 Å². The number of nitrogens with two attached hydrogens (primary N) is 1. The van der Waals surface area contributed by atoms with Crippen LogP contribution in [0.15, 0.2) is 24.3 Å². The highest BCUT2D eigenvalue weighted by atomic mass is 16.6. The quantitative estimate of drug-likeness (QED) is 0.416. The van der Waals surface area contributed by atoms with E-state index in [-0.39, 0.29) is 24.0 Å². The maximum Gasteiger partial charge on any atom is 0.410 e. The second-order valence-corrected chi connectivity index (χ2v) is 9.68. The average molecular weight is 514 g/mol. The van der Waals surface area contributed by atoms with Gasteiger partial charge >= 0.3 is 6.09 Å². The van der Waals surface area contributed by atoms with Crippen LogP contribution in [0.25, 0.3) is 0 Å². The third-order valence-corrected chi connectivity index (χ3v) is 5.36. The van der Waals surface area contributed by atoms with Crippen LogP contribution < -0.4 is 21.3 Å². The molecule has 2 rings (SSSR count). The first-order valence-electron chi connectivity index (χ1n) is 12.3. The first-order valence-corrected chi connectivity index (χ1v) is 12.3. The van der Waals surface area contributed by atoms with Crippen molar-refractivity contribution in [1.29, 1.82) is 0 Å². The third-order valence-electron chi connectivity index (χ3n) is 5.36. The molecule has 0 bridgehead atoms. The van der Waals surface area contributed by atoms with Crippen LogP contribution >= 0.6 is 0 Å². The lowest BCUT2D eigenvalue weighted by molar-refractivity contribution is -0.121. The van der Waals surface area contributed by atoms with Crippen molar-refractivity contribution in [2.24, 2.45) is 5.73 Å². The van der Waals surface area contributed by atoms with Crippen molar-refractivity contribution in [2.45, 2.75) is 53.1 Å². The Kier molecular flexibility index (Phi) is 10.2. The molecule has 11 nitrogen and oxygen atoms in total. The molecule has 11 heteroatoms. The van der Waals surface area contributed by atoms with E-state index in [0.717, 1.165) is 12.1 Å². The fourth-order valence-electron chi connectivity index (χ4n) is 3.38. The first kappa shape index (κ1) is 29.3. The SMILES string of the molecule is CCc1nc(C(N)=O)c(Nc2cccc(CCNC(=O)CN(C)C(=O)OC(C)(C)C)c2)nc1N(C)CC. The van der Waals surface area contributed by atoms with E-state index in [4.69, 9.17) is 10.5 Å². The first-order chi connectivity index (χ1) is 17.3. The van der Waals surface area contributed by atoms with E-state index in [9.17, 15) is 14.4 Å². The lowest BCUT2D eigenvalue weighted by Gasteiger charge is -2.24. The lowest BCUT2D eigenvalue weighted by Crippen LogP contribution is -2.41. The minimum Gasteiger partial charge on any atom is -0.444 e. The van der Waals surface area contributed by atoms with E-state index >= 15 is 0 Å². The van der Waals surface area contributed by atoms with Gasteiger partial charge in [0.2, 0.25) is 5.91 Å². The lowest BCUT2D eigenvalue weighted by atomic mass is 10.1. The Morgan fingerprint density at radius 1 is 1.11 bits per heavy atom. The molecule has 1 aromatic carbocycles. The van der Waals surface area contributed by atoms with Crippen molar-refractivity contribution in [1.82, 2.24) is 20.2 Å². The van der Waals surface area contributed by atoms with Gasteiger partial charge in [-0.3, -0.25) is 9.59 Å². The summed E-state index contributed by atoms with van der Waals surface area (Å²) >= 11 is 0. The van der Waals surface area contributed by atoms with Crippen LogP contribution in [0.4, 0.5) is 22.1 Å². The minimum absolute atomic E-state index is 0.0804. The number of carbonyl (C=O) groups is 3. The van der Waals surface area contributed by atoms with Gasteiger partial charge in [0, 0.05) is 32.9 Å². The van der Waals surface area contributed by atoms with Crippen LogP contribution in [0.2, 0.25) is 0 Å². The zero-order valence-electron chi connectivity index (χ0n) is 22.8. The predicted octanol–water partition coefficient (Wildman–Crippen LogP) is 2.86. The van der Waals surface area contributed by atoms with Crippen molar-refractivity contribution in [3.05, 3.63) is 41.2 Å². The Bertz CT molecular complexity index is 1110. The van der Waals surface area contributed by atoms with Gasteiger partial charge in [0.1, 0.15) is 12.1 Å². The Morgan fingerprint density at radius 3 is 2.41 bits per heavy atom. The number of aryl methyl sites for hydroxylation is 1. The monoisotopic (exact) mass is 513 g/mol. The van der Waals surface area contributed by atoms with E-state index in [1.54, 1.807) is 20.8 Å². The second-order valence-electron chi connectivity index (χ2n) is 9.68. The molecular weight excluding hydrogens is 474 g/mol. The molecule has 0 unspecified atom stereocenters. The van der Waals surface area contributed by atoms with Crippen LogP contribution in [0.5, 0.6) is 0 Å². The molecule has 0 saturated carbocycles. The maximum absolute atomic E-state index is 12.3. The highest BCUT2D eigenvalue weighted by Gasteiger charge is 2.21. The Morgan fingerprint density at radius 2 is 1.81 bits per heavy atom. The highest BCUT2D eigenvalue weighted by molar-refractivity contribution is 5.96. The summed E-state index contributed by atoms with van der Waals surface area (Å²) in [5, 5.41) is 5.99. The molecule has 0 saturated heterocycles. The molecule has 0 fully saturated rings. The number of amides is 3. The van der Waals surface area contributed by atoms with Gasteiger partial charge in [0.25, 0.3) is 5.91 Å². The molecule has 1 aromatic heterocycles. The minimum atomic E-state index is -0.661. The van der Waals surface area contributed by atoms with Gasteiger partial charge in [-0.15, -0.1) is 0 Å². The summed E-state index contributed by atoms with van der Waals surface area (Å²) in [4.78, 5) is 48.7. The molecule has 2 aromatic rings. The number of likely N-dealkylation sites (N-methyl/N-ethyl adjacent to an activating group) is 1. The van der Waals surface area contributed by atoms with Gasteiger partial charge in [-0.1, -0.05) is 19.1 Å². The molecule has 0 atom stereocenters. The van der Waals surface area contributed by atoms with Crippen LogP contribution in [0.3, 0.4) is 0 Å². The van der Waals surface area contributed by atoms with E-state index in [1.807, 2.05) is 50.1 Å². The smallest absolute Gasteiger partial charge is 0.410 e. The number of ether oxygens (including phenoxy) is 1. The van der Waals surface area contributed by atoms with E-state index in [2.05, 4.69) is 20.6 Å². The van der Waals surface area contributed by atoms with Crippen LogP contribution in [0, 0.1) is 0 Å². The Labute approximate surface area is 218 Å². The van der Waals surface area contributed by atoms with Gasteiger partial charge in [-0.2, -0.15) is 0 Å². The number of hydrogen-bond donors (Lipinski definition) is 3. The zero-order chi connectivity index (χ0) is 27.8. The number of benzene rings is 1. The van der Waals surface area contributed by atoms with Crippen molar-refractivity contribution in [2.75, 3.05) is 43.9 Å². The number of primary amides is 1. The highest BCUT2D eigenvalue weighted by Crippen LogP contribution is 2.24. The summed E-state index contributed by atoms with van der Waals surface area (Å²) in [6.45, 7) is 10.3. The summed E-state index contributed by atoms with van der Waals surface area (Å²) in [6, 6.07) is 7.55. The van der Waals surface area contributed by atoms with Crippen LogP contribution in [-0.2, 0) is 22.4 Å². The van der Waals surface area contributed by atoms with Gasteiger partial charge < -0.3 is 30.9 Å². The van der Waals surface area contributed by atoms with Gasteiger partial charge in [-0.05, 0) is 58.2 Å². The molecule has 0 spiro atoms. The van der Waals surface area contributed by atoms with E-state index < -0.39 is 17.6 Å². The standard InChI is InChI=1S/C26H39N7O4/c1-8-19-24(32(6)9-2)31-23(21(30-19)22(27)35)29-18-12-10-11-17(15-18)13-14-28-20(34)16-33(7)25(36)37-26(3,4)5/h10-12,15H,8-9,13-14,16H2,1-7H3,(H2,27,35)(H,28,34)(H,29,31). The van der Waals surface area contributed by atoms with Crippen LogP contribution in [-0.4, -0.2) is 72.1 Å². The van der Waals surface area contributed by atoms with Crippen LogP contribution in [0.1, 0.15) is 56.4 Å². The molecule has 0 aliphatic carbocycles. The molecule has 4 N–H and O–H groups in total. The number of hydrogen-bond acceptors (Lipinski definition) is 8. The van der Waals surface area contributed by atoms with Gasteiger partial charge in [-0.25, -0.2) is 14.8 Å². The third kappa shape index (κ3) is 8.93. The van der Waals surface area contributed by atoms with Crippen molar-refractivity contribution in [3.8, 4) is 0 Å². The molecule has 3 amide bonds. The van der Waals surface area contributed by atoms with Gasteiger partial charge in [0.05, 0.1) is 5.69 Å². The molecule has 0 radical (unpaired) electrons. The zero-order valence-corrected chi connectivity index (χ0v) is 22.8. The largest absolute Gasteiger partial charge is 0.444 e. The summed E-state index contributed by atoms with van der Waals surface area (Å²) in [5.74, 6) is 0.0292. The second kappa shape index (κ2) is 12.9. The molecular formula is C26H39N7O4. The Balaban J connectivity index is 2.05. The molecule has 37 heavy (non-hydrogen) atoms. The molecule has 0 aliphatic rings. The summed E-state index contributed by atoms with van der Waals surface area (Å²) in [5.41, 5.74) is 7.40. The number of carbonyl (C=O) groups excluding carboxylic acids is 3. The molecule has 0 aliphatic heterocycles. The normalized spacial score (nSPS) is 11.0. The summed E-state index contributed by atoms with van der Waals surface area (Å²) in [7, 11) is 3.43. The maximum atomic E-state index is 12.3. The fourth-order valence-corrected chi connectivity index (χ4v) is 3.38. The average Bonchev–Trinajstić information content (AvgIpc) is 2.82. The number of nitrogens with one attached hydrogen (secondary N) is 2. The van der Waals surface area contributed by atoms with Gasteiger partial charge in [0.15, 0.2) is 17.3 Å². The topological polar surface area (TPSA) is 143 Å². The Hall–Kier alpha value is -3.89. The summed E-state index contributed by atoms with van der Waals surface area (Å²) in [6.07, 6.45) is 0.618. The molecule has 202 valence electrons. The number of rotatable bonds is 11. The number of nitrogens with zero attached hydrogens (tertiary/aromatic N) is 4.